The van der Waals surface area contributed by atoms with E-state index in [1.165, 1.54) is 24.2 Å². The van der Waals surface area contributed by atoms with Gasteiger partial charge in [-0.15, -0.1) is 0 Å². The quantitative estimate of drug-likeness (QED) is 0.816. The van der Waals surface area contributed by atoms with Crippen molar-refractivity contribution in [2.45, 2.75) is 38.0 Å². The molecule has 0 aromatic carbocycles. The number of nitrogens with zero attached hydrogens (tertiary/aromatic N) is 1. The molecule has 1 aromatic heterocycles. The molecule has 0 radical (unpaired) electrons. The number of hydrogen-bond donors (Lipinski definition) is 1. The molecule has 1 N–H and O–H groups in total. The second-order valence-electron chi connectivity index (χ2n) is 4.26. The summed E-state index contributed by atoms with van der Waals surface area (Å²) in [7, 11) is 0. The topological polar surface area (TPSA) is 24.9 Å². The van der Waals surface area contributed by atoms with Crippen LogP contribution in [0.4, 0.5) is 5.69 Å². The molecule has 1 aliphatic rings. The molecule has 2 rings (SSSR count). The molecule has 2 nitrogen and oxygen atoms in total. The van der Waals surface area contributed by atoms with Gasteiger partial charge in [-0.05, 0) is 37.1 Å². The number of aromatic nitrogens is 1. The van der Waals surface area contributed by atoms with Gasteiger partial charge in [0.2, 0.25) is 0 Å². The molecule has 0 aliphatic carbocycles. The van der Waals surface area contributed by atoms with Gasteiger partial charge < -0.3 is 5.32 Å². The first kappa shape index (κ1) is 12.1. The minimum absolute atomic E-state index is 0.513. The number of halogens is 1. The van der Waals surface area contributed by atoms with E-state index < -0.39 is 0 Å². The third-order valence-electron chi connectivity index (χ3n) is 3.05. The first-order valence-electron chi connectivity index (χ1n) is 5.67. The van der Waals surface area contributed by atoms with Crippen molar-refractivity contribution in [3.8, 4) is 0 Å². The van der Waals surface area contributed by atoms with Gasteiger partial charge in [-0.3, -0.25) is 0 Å². The number of rotatable bonds is 2. The van der Waals surface area contributed by atoms with Crippen LogP contribution < -0.4 is 5.32 Å². The summed E-state index contributed by atoms with van der Waals surface area (Å²) in [5.41, 5.74) is 2.17. The average Bonchev–Trinajstić information content (AvgIpc) is 2.26. The summed E-state index contributed by atoms with van der Waals surface area (Å²) in [4.78, 5) is 4.13. The van der Waals surface area contributed by atoms with Gasteiger partial charge in [0.05, 0.1) is 5.69 Å². The number of hydrogen-bond acceptors (Lipinski definition) is 3. The Balaban J connectivity index is 2.13. The van der Waals surface area contributed by atoms with E-state index in [9.17, 15) is 0 Å². The molecule has 0 saturated carbocycles. The smallest absolute Gasteiger partial charge is 0.152 e. The van der Waals surface area contributed by atoms with E-state index in [0.717, 1.165) is 5.69 Å². The number of aryl methyl sites for hydroxylation is 1. The third kappa shape index (κ3) is 2.64. The highest BCUT2D eigenvalue weighted by Gasteiger charge is 2.22. The molecule has 0 spiro atoms. The maximum Gasteiger partial charge on any atom is 0.152 e. The van der Waals surface area contributed by atoms with E-state index in [2.05, 4.69) is 24.1 Å². The van der Waals surface area contributed by atoms with Crippen molar-refractivity contribution in [3.05, 3.63) is 23.0 Å². The fourth-order valence-corrected chi connectivity index (χ4v) is 3.40. The predicted molar refractivity (Wildman–Crippen MR) is 72.5 cm³/mol. The zero-order valence-electron chi connectivity index (χ0n) is 9.66. The van der Waals surface area contributed by atoms with Crippen molar-refractivity contribution in [2.75, 3.05) is 11.1 Å². The Kier molecular flexibility index (Phi) is 3.98. The van der Waals surface area contributed by atoms with Gasteiger partial charge in [-0.1, -0.05) is 18.5 Å². The summed E-state index contributed by atoms with van der Waals surface area (Å²) in [6.45, 7) is 4.34. The van der Waals surface area contributed by atoms with E-state index in [-0.39, 0.29) is 0 Å². The van der Waals surface area contributed by atoms with Gasteiger partial charge in [0.15, 0.2) is 5.15 Å². The highest BCUT2D eigenvalue weighted by molar-refractivity contribution is 8.00. The van der Waals surface area contributed by atoms with Gasteiger partial charge in [-0.2, -0.15) is 11.8 Å². The zero-order chi connectivity index (χ0) is 11.5. The molecule has 2 heterocycles. The first-order chi connectivity index (χ1) is 7.68. The van der Waals surface area contributed by atoms with Gasteiger partial charge in [-0.25, -0.2) is 4.98 Å². The van der Waals surface area contributed by atoms with Gasteiger partial charge in [0.25, 0.3) is 0 Å². The van der Waals surface area contributed by atoms with Crippen LogP contribution in [0.3, 0.4) is 0 Å². The van der Waals surface area contributed by atoms with E-state index in [1.807, 2.05) is 17.8 Å². The lowest BCUT2D eigenvalue weighted by atomic mass is 10.1. The molecule has 1 saturated heterocycles. The van der Waals surface area contributed by atoms with Crippen molar-refractivity contribution in [1.29, 1.82) is 0 Å². The molecule has 2 atom stereocenters. The fourth-order valence-electron chi connectivity index (χ4n) is 2.00. The van der Waals surface area contributed by atoms with Crippen molar-refractivity contribution in [2.24, 2.45) is 0 Å². The lowest BCUT2D eigenvalue weighted by Crippen LogP contribution is -2.33. The normalized spacial score (nSPS) is 25.4. The second-order valence-corrected chi connectivity index (χ2v) is 6.11. The van der Waals surface area contributed by atoms with Crippen molar-refractivity contribution in [3.63, 3.8) is 0 Å². The Bertz CT molecular complexity index is 350. The largest absolute Gasteiger partial charge is 0.379 e. The van der Waals surface area contributed by atoms with Crippen molar-refractivity contribution in [1.82, 2.24) is 4.98 Å². The lowest BCUT2D eigenvalue weighted by molar-refractivity contribution is 0.617. The molecular weight excluding hydrogens is 240 g/mol. The maximum absolute atomic E-state index is 6.12. The molecule has 2 unspecified atom stereocenters. The summed E-state index contributed by atoms with van der Waals surface area (Å²) in [6, 6.07) is 2.51. The average molecular weight is 257 g/mol. The monoisotopic (exact) mass is 256 g/mol. The molecule has 16 heavy (non-hydrogen) atoms. The first-order valence-corrected chi connectivity index (χ1v) is 7.10. The minimum Gasteiger partial charge on any atom is -0.379 e. The number of anilines is 1. The Morgan fingerprint density at radius 3 is 3.06 bits per heavy atom. The maximum atomic E-state index is 6.12. The van der Waals surface area contributed by atoms with E-state index >= 15 is 0 Å². The van der Waals surface area contributed by atoms with Crippen LogP contribution in [0, 0.1) is 6.92 Å². The second kappa shape index (κ2) is 5.28. The fraction of sp³-hybridized carbons (Fsp3) is 0.583. The minimum atomic E-state index is 0.513. The van der Waals surface area contributed by atoms with Gasteiger partial charge in [0.1, 0.15) is 0 Å². The SMILES string of the molecule is Cc1ccnc(Cl)c1NC1CCCSC1C. The van der Waals surface area contributed by atoms with E-state index in [1.54, 1.807) is 6.20 Å². The van der Waals surface area contributed by atoms with Crippen LogP contribution in [0.25, 0.3) is 0 Å². The van der Waals surface area contributed by atoms with Crippen LogP contribution in [0.1, 0.15) is 25.3 Å². The summed E-state index contributed by atoms with van der Waals surface area (Å²) in [5, 5.41) is 4.78. The van der Waals surface area contributed by atoms with Crippen LogP contribution in [0.15, 0.2) is 12.3 Å². The lowest BCUT2D eigenvalue weighted by Gasteiger charge is -2.30. The standard InChI is InChI=1S/C12H17ClN2S/c1-8-5-6-14-12(13)11(8)15-10-4-3-7-16-9(10)2/h5-6,9-10,15H,3-4,7H2,1-2H3. The summed E-state index contributed by atoms with van der Waals surface area (Å²) < 4.78 is 0. The van der Waals surface area contributed by atoms with Crippen LogP contribution in [0.5, 0.6) is 0 Å². The van der Waals surface area contributed by atoms with Crippen molar-refractivity contribution >= 4 is 29.1 Å². The highest BCUT2D eigenvalue weighted by Crippen LogP contribution is 2.30. The van der Waals surface area contributed by atoms with Gasteiger partial charge >= 0.3 is 0 Å². The molecule has 4 heteroatoms. The van der Waals surface area contributed by atoms with Crippen molar-refractivity contribution < 1.29 is 0 Å². The number of pyridine rings is 1. The summed E-state index contributed by atoms with van der Waals surface area (Å²) in [5.74, 6) is 1.28. The molecule has 1 aromatic rings. The van der Waals surface area contributed by atoms with Crippen LogP contribution in [-0.2, 0) is 0 Å². The van der Waals surface area contributed by atoms with E-state index in [0.29, 0.717) is 16.4 Å². The summed E-state index contributed by atoms with van der Waals surface area (Å²) >= 11 is 8.15. The molecule has 88 valence electrons. The van der Waals surface area contributed by atoms with Crippen LogP contribution in [-0.4, -0.2) is 22.0 Å². The predicted octanol–water partition coefficient (Wildman–Crippen LogP) is 3.74. The van der Waals surface area contributed by atoms with Crippen LogP contribution >= 0.6 is 23.4 Å². The van der Waals surface area contributed by atoms with Crippen LogP contribution in [0.2, 0.25) is 5.15 Å². The van der Waals surface area contributed by atoms with Gasteiger partial charge in [0, 0.05) is 17.5 Å². The number of thioether (sulfide) groups is 1. The Morgan fingerprint density at radius 1 is 1.56 bits per heavy atom. The molecule has 0 bridgehead atoms. The number of nitrogens with one attached hydrogen (secondary N) is 1. The Labute approximate surface area is 106 Å². The molecule has 1 fully saturated rings. The zero-order valence-corrected chi connectivity index (χ0v) is 11.2. The Hall–Kier alpha value is -0.410. The molecular formula is C12H17ClN2S. The highest BCUT2D eigenvalue weighted by atomic mass is 35.5. The molecule has 1 aliphatic heterocycles. The van der Waals surface area contributed by atoms with E-state index in [4.69, 9.17) is 11.6 Å². The summed E-state index contributed by atoms with van der Waals surface area (Å²) in [6.07, 6.45) is 4.25. The molecule has 0 amide bonds. The Morgan fingerprint density at radius 2 is 2.38 bits per heavy atom. The third-order valence-corrected chi connectivity index (χ3v) is 4.71.